The zero-order chi connectivity index (χ0) is 15.4. The zero-order valence-electron chi connectivity index (χ0n) is 11.1. The Morgan fingerprint density at radius 1 is 1.38 bits per heavy atom. The fraction of sp³-hybridized carbons (Fsp3) is 0.143. The molecule has 2 rings (SSSR count). The Balaban J connectivity index is 2.17. The molecule has 7 heteroatoms. The first kappa shape index (κ1) is 15.1. The van der Waals surface area contributed by atoms with Crippen LogP contribution in [0.25, 0.3) is 0 Å². The Hall–Kier alpha value is -2.34. The SMILES string of the molecule is CNc1cc(COc2cccc(Cl)c2F)ccc1[N+](=O)[O-]. The van der Waals surface area contributed by atoms with E-state index in [-0.39, 0.29) is 23.1 Å². The number of hydrogen-bond donors (Lipinski definition) is 1. The highest BCUT2D eigenvalue weighted by Crippen LogP contribution is 2.27. The lowest BCUT2D eigenvalue weighted by Crippen LogP contribution is -2.01. The van der Waals surface area contributed by atoms with Crippen LogP contribution in [0, 0.1) is 15.9 Å². The number of anilines is 1. The lowest BCUT2D eigenvalue weighted by molar-refractivity contribution is -0.384. The first-order valence-electron chi connectivity index (χ1n) is 6.05. The maximum atomic E-state index is 13.7. The molecule has 0 heterocycles. The highest BCUT2D eigenvalue weighted by atomic mass is 35.5. The van der Waals surface area contributed by atoms with Crippen molar-refractivity contribution in [2.24, 2.45) is 0 Å². The van der Waals surface area contributed by atoms with Gasteiger partial charge in [0.2, 0.25) is 0 Å². The summed E-state index contributed by atoms with van der Waals surface area (Å²) >= 11 is 5.66. The summed E-state index contributed by atoms with van der Waals surface area (Å²) in [4.78, 5) is 10.3. The third-order valence-electron chi connectivity index (χ3n) is 2.84. The highest BCUT2D eigenvalue weighted by Gasteiger charge is 2.13. The van der Waals surface area contributed by atoms with Crippen LogP contribution in [0.15, 0.2) is 36.4 Å². The zero-order valence-corrected chi connectivity index (χ0v) is 11.9. The van der Waals surface area contributed by atoms with E-state index in [1.807, 2.05) is 0 Å². The Morgan fingerprint density at radius 2 is 2.14 bits per heavy atom. The van der Waals surface area contributed by atoms with Gasteiger partial charge < -0.3 is 10.1 Å². The van der Waals surface area contributed by atoms with Gasteiger partial charge in [0, 0.05) is 13.1 Å². The lowest BCUT2D eigenvalue weighted by atomic mass is 10.2. The average Bonchev–Trinajstić information content (AvgIpc) is 2.48. The van der Waals surface area contributed by atoms with Gasteiger partial charge in [-0.25, -0.2) is 4.39 Å². The van der Waals surface area contributed by atoms with Gasteiger partial charge in [-0.05, 0) is 29.8 Å². The largest absolute Gasteiger partial charge is 0.486 e. The molecule has 0 bridgehead atoms. The molecule has 5 nitrogen and oxygen atoms in total. The number of nitrogens with one attached hydrogen (secondary N) is 1. The molecule has 1 N–H and O–H groups in total. The molecular formula is C14H12ClFN2O3. The number of nitro groups is 1. The van der Waals surface area contributed by atoms with Crippen molar-refractivity contribution in [3.05, 3.63) is 62.9 Å². The minimum absolute atomic E-state index is 0.0212. The van der Waals surface area contributed by atoms with Crippen LogP contribution in [0.5, 0.6) is 5.75 Å². The maximum absolute atomic E-state index is 13.7. The molecule has 0 spiro atoms. The van der Waals surface area contributed by atoms with Crippen LogP contribution in [-0.2, 0) is 6.61 Å². The van der Waals surface area contributed by atoms with Crippen molar-refractivity contribution >= 4 is 23.0 Å². The molecule has 0 aliphatic heterocycles. The van der Waals surface area contributed by atoms with Crippen LogP contribution in [0.4, 0.5) is 15.8 Å². The standard InChI is InChI=1S/C14H12ClFN2O3/c1-17-11-7-9(5-6-12(11)18(19)20)8-21-13-4-2-3-10(15)14(13)16/h2-7,17H,8H2,1H3. The van der Waals surface area contributed by atoms with Crippen LogP contribution in [0.1, 0.15) is 5.56 Å². The maximum Gasteiger partial charge on any atom is 0.292 e. The van der Waals surface area contributed by atoms with Crippen LogP contribution in [0.3, 0.4) is 0 Å². The molecule has 21 heavy (non-hydrogen) atoms. The predicted molar refractivity (Wildman–Crippen MR) is 78.4 cm³/mol. The minimum Gasteiger partial charge on any atom is -0.486 e. The van der Waals surface area contributed by atoms with E-state index in [0.29, 0.717) is 11.3 Å². The smallest absolute Gasteiger partial charge is 0.292 e. The number of ether oxygens (including phenoxy) is 1. The van der Waals surface area contributed by atoms with E-state index in [0.717, 1.165) is 0 Å². The van der Waals surface area contributed by atoms with Gasteiger partial charge in [-0.2, -0.15) is 0 Å². The first-order chi connectivity index (χ1) is 10.0. The normalized spacial score (nSPS) is 10.2. The van der Waals surface area contributed by atoms with E-state index in [2.05, 4.69) is 5.32 Å². The van der Waals surface area contributed by atoms with Gasteiger partial charge in [0.1, 0.15) is 12.3 Å². The summed E-state index contributed by atoms with van der Waals surface area (Å²) in [5.41, 5.74) is 1.01. The molecule has 2 aromatic rings. The molecule has 0 saturated heterocycles. The molecule has 0 aromatic heterocycles. The van der Waals surface area contributed by atoms with E-state index in [9.17, 15) is 14.5 Å². The predicted octanol–water partition coefficient (Wildman–Crippen LogP) is 4.01. The van der Waals surface area contributed by atoms with Crippen LogP contribution in [-0.4, -0.2) is 12.0 Å². The molecule has 0 aliphatic rings. The summed E-state index contributed by atoms with van der Waals surface area (Å²) in [6.45, 7) is 0.0733. The molecule has 110 valence electrons. The molecule has 0 unspecified atom stereocenters. The van der Waals surface area contributed by atoms with Crippen molar-refractivity contribution in [3.8, 4) is 5.75 Å². The fourth-order valence-electron chi connectivity index (χ4n) is 1.79. The molecule has 0 radical (unpaired) electrons. The van der Waals surface area contributed by atoms with Gasteiger partial charge >= 0.3 is 0 Å². The summed E-state index contributed by atoms with van der Waals surface area (Å²) in [6, 6.07) is 8.98. The van der Waals surface area contributed by atoms with Crippen LogP contribution in [0.2, 0.25) is 5.02 Å². The van der Waals surface area contributed by atoms with E-state index < -0.39 is 10.7 Å². The summed E-state index contributed by atoms with van der Waals surface area (Å²) in [5.74, 6) is -0.596. The van der Waals surface area contributed by atoms with Crippen molar-refractivity contribution in [2.45, 2.75) is 6.61 Å². The van der Waals surface area contributed by atoms with Crippen molar-refractivity contribution < 1.29 is 14.1 Å². The van der Waals surface area contributed by atoms with E-state index in [1.54, 1.807) is 25.2 Å². The molecule has 0 saturated carbocycles. The summed E-state index contributed by atoms with van der Waals surface area (Å²) in [5, 5.41) is 13.5. The van der Waals surface area contributed by atoms with Crippen molar-refractivity contribution in [1.82, 2.24) is 0 Å². The monoisotopic (exact) mass is 310 g/mol. The number of nitro benzene ring substituents is 1. The van der Waals surface area contributed by atoms with Gasteiger partial charge in [-0.3, -0.25) is 10.1 Å². The second-order valence-electron chi connectivity index (χ2n) is 4.20. The molecule has 0 fully saturated rings. The molecule has 0 aliphatic carbocycles. The van der Waals surface area contributed by atoms with Gasteiger partial charge in [-0.1, -0.05) is 17.7 Å². The summed E-state index contributed by atoms with van der Waals surface area (Å²) < 4.78 is 19.0. The number of halogens is 2. The third kappa shape index (κ3) is 3.41. The molecule has 0 atom stereocenters. The average molecular weight is 311 g/mol. The van der Waals surface area contributed by atoms with Crippen molar-refractivity contribution in [2.75, 3.05) is 12.4 Å². The number of hydrogen-bond acceptors (Lipinski definition) is 4. The number of benzene rings is 2. The van der Waals surface area contributed by atoms with Crippen molar-refractivity contribution in [3.63, 3.8) is 0 Å². The van der Waals surface area contributed by atoms with Gasteiger partial charge in [-0.15, -0.1) is 0 Å². The van der Waals surface area contributed by atoms with Gasteiger partial charge in [0.25, 0.3) is 5.69 Å². The quantitative estimate of drug-likeness (QED) is 0.669. The Kier molecular flexibility index (Phi) is 4.59. The molecule has 0 amide bonds. The lowest BCUT2D eigenvalue weighted by Gasteiger charge is -2.09. The van der Waals surface area contributed by atoms with Gasteiger partial charge in [0.05, 0.1) is 9.95 Å². The Bertz CT molecular complexity index is 679. The Morgan fingerprint density at radius 3 is 2.81 bits per heavy atom. The van der Waals surface area contributed by atoms with E-state index >= 15 is 0 Å². The fourth-order valence-corrected chi connectivity index (χ4v) is 1.95. The first-order valence-corrected chi connectivity index (χ1v) is 6.42. The Labute approximate surface area is 125 Å². The van der Waals surface area contributed by atoms with Crippen LogP contribution < -0.4 is 10.1 Å². The van der Waals surface area contributed by atoms with Gasteiger partial charge in [0.15, 0.2) is 11.6 Å². The summed E-state index contributed by atoms with van der Waals surface area (Å²) in [6.07, 6.45) is 0. The van der Waals surface area contributed by atoms with E-state index in [4.69, 9.17) is 16.3 Å². The second kappa shape index (κ2) is 6.41. The topological polar surface area (TPSA) is 64.4 Å². The third-order valence-corrected chi connectivity index (χ3v) is 3.13. The number of rotatable bonds is 5. The molecule has 2 aromatic carbocycles. The summed E-state index contributed by atoms with van der Waals surface area (Å²) in [7, 11) is 1.59. The van der Waals surface area contributed by atoms with Crippen LogP contribution >= 0.6 is 11.6 Å². The van der Waals surface area contributed by atoms with E-state index in [1.165, 1.54) is 18.2 Å². The minimum atomic E-state index is -0.630. The second-order valence-corrected chi connectivity index (χ2v) is 4.61. The molecular weight excluding hydrogens is 299 g/mol. The number of nitrogens with zero attached hydrogens (tertiary/aromatic N) is 1. The van der Waals surface area contributed by atoms with Crippen molar-refractivity contribution in [1.29, 1.82) is 0 Å². The highest BCUT2D eigenvalue weighted by molar-refractivity contribution is 6.30.